The standard InChI is InChI=1S/C22H27N3O5S/c1-3-31(27,28)25-15-20(18-5-4-10-23-13-18)22(16-25)21(26)24(11-12-30-22)14-17-6-8-19(29-2)9-7-17/h4-10,13,20H,3,11-12,14-16H2,1-2H3/t20-,22-/m0/s1. The van der Waals surface area contributed by atoms with Crippen LogP contribution in [0.5, 0.6) is 5.75 Å². The molecule has 8 nitrogen and oxygen atoms in total. The molecule has 9 heteroatoms. The van der Waals surface area contributed by atoms with Gasteiger partial charge in [0, 0.05) is 37.9 Å². The first kappa shape index (κ1) is 21.7. The van der Waals surface area contributed by atoms with Gasteiger partial charge in [-0.3, -0.25) is 9.78 Å². The van der Waals surface area contributed by atoms with E-state index >= 15 is 0 Å². The number of methoxy groups -OCH3 is 1. The van der Waals surface area contributed by atoms with Crippen LogP contribution < -0.4 is 4.74 Å². The molecular formula is C22H27N3O5S. The number of nitrogens with zero attached hydrogens (tertiary/aromatic N) is 3. The molecule has 0 radical (unpaired) electrons. The molecule has 0 unspecified atom stereocenters. The summed E-state index contributed by atoms with van der Waals surface area (Å²) >= 11 is 0. The molecule has 0 N–H and O–H groups in total. The summed E-state index contributed by atoms with van der Waals surface area (Å²) in [4.78, 5) is 19.7. The van der Waals surface area contributed by atoms with Crippen molar-refractivity contribution in [3.05, 3.63) is 59.9 Å². The lowest BCUT2D eigenvalue weighted by Crippen LogP contribution is -2.60. The van der Waals surface area contributed by atoms with E-state index in [0.717, 1.165) is 16.9 Å². The number of sulfonamides is 1. The minimum atomic E-state index is -3.47. The van der Waals surface area contributed by atoms with Crippen molar-refractivity contribution in [2.75, 3.05) is 39.1 Å². The van der Waals surface area contributed by atoms with Gasteiger partial charge in [0.2, 0.25) is 10.0 Å². The molecule has 2 atom stereocenters. The minimum Gasteiger partial charge on any atom is -0.497 e. The van der Waals surface area contributed by atoms with Gasteiger partial charge in [-0.15, -0.1) is 0 Å². The van der Waals surface area contributed by atoms with E-state index in [1.54, 1.807) is 37.4 Å². The van der Waals surface area contributed by atoms with Gasteiger partial charge in [-0.25, -0.2) is 8.42 Å². The molecule has 0 aliphatic carbocycles. The topological polar surface area (TPSA) is 89.0 Å². The van der Waals surface area contributed by atoms with Gasteiger partial charge < -0.3 is 14.4 Å². The van der Waals surface area contributed by atoms with Gasteiger partial charge in [0.25, 0.3) is 5.91 Å². The maximum Gasteiger partial charge on any atom is 0.257 e. The predicted octanol–water partition coefficient (Wildman–Crippen LogP) is 1.64. The summed E-state index contributed by atoms with van der Waals surface area (Å²) in [6, 6.07) is 11.2. The lowest BCUT2D eigenvalue weighted by Gasteiger charge is -2.42. The van der Waals surface area contributed by atoms with Crippen molar-refractivity contribution in [1.29, 1.82) is 0 Å². The van der Waals surface area contributed by atoms with E-state index in [0.29, 0.717) is 19.7 Å². The molecule has 1 aromatic heterocycles. The largest absolute Gasteiger partial charge is 0.497 e. The van der Waals surface area contributed by atoms with Crippen molar-refractivity contribution in [1.82, 2.24) is 14.2 Å². The summed E-state index contributed by atoms with van der Waals surface area (Å²) in [5.74, 6) is 0.124. The SMILES string of the molecule is CCS(=O)(=O)N1C[C@@H](c2cccnc2)[C@]2(C1)OCCN(Cc1ccc(OC)cc1)C2=O. The number of ether oxygens (including phenoxy) is 2. The summed E-state index contributed by atoms with van der Waals surface area (Å²) in [6.07, 6.45) is 3.35. The molecule has 2 aliphatic heterocycles. The highest BCUT2D eigenvalue weighted by atomic mass is 32.2. The zero-order valence-electron chi connectivity index (χ0n) is 17.7. The first-order chi connectivity index (χ1) is 14.9. The number of amides is 1. The van der Waals surface area contributed by atoms with Crippen LogP contribution in [0.4, 0.5) is 0 Å². The maximum absolute atomic E-state index is 13.8. The van der Waals surface area contributed by atoms with E-state index in [2.05, 4.69) is 4.98 Å². The second-order valence-electron chi connectivity index (χ2n) is 7.84. The molecular weight excluding hydrogens is 418 g/mol. The Balaban J connectivity index is 1.66. The molecule has 2 fully saturated rings. The average Bonchev–Trinajstić information content (AvgIpc) is 3.19. The van der Waals surface area contributed by atoms with Crippen molar-refractivity contribution >= 4 is 15.9 Å². The van der Waals surface area contributed by atoms with Gasteiger partial charge in [0.1, 0.15) is 5.75 Å². The molecule has 1 spiro atoms. The summed E-state index contributed by atoms with van der Waals surface area (Å²) in [5.41, 5.74) is 0.520. The van der Waals surface area contributed by atoms with Crippen molar-refractivity contribution in [2.24, 2.45) is 0 Å². The number of rotatable bonds is 6. The molecule has 3 heterocycles. The Morgan fingerprint density at radius 2 is 2.03 bits per heavy atom. The molecule has 0 saturated carbocycles. The van der Waals surface area contributed by atoms with Gasteiger partial charge in [-0.2, -0.15) is 4.31 Å². The normalized spacial score (nSPS) is 24.6. The van der Waals surface area contributed by atoms with Crippen molar-refractivity contribution in [3.8, 4) is 5.75 Å². The van der Waals surface area contributed by atoms with Gasteiger partial charge >= 0.3 is 0 Å². The Morgan fingerprint density at radius 3 is 2.68 bits per heavy atom. The van der Waals surface area contributed by atoms with E-state index in [1.165, 1.54) is 4.31 Å². The highest BCUT2D eigenvalue weighted by molar-refractivity contribution is 7.89. The third kappa shape index (κ3) is 4.05. The summed E-state index contributed by atoms with van der Waals surface area (Å²) in [6.45, 7) is 3.05. The lowest BCUT2D eigenvalue weighted by atomic mass is 9.83. The molecule has 31 heavy (non-hydrogen) atoms. The highest BCUT2D eigenvalue weighted by Gasteiger charge is 2.58. The zero-order valence-corrected chi connectivity index (χ0v) is 18.5. The summed E-state index contributed by atoms with van der Waals surface area (Å²) < 4.78 is 38.1. The van der Waals surface area contributed by atoms with Gasteiger partial charge in [0.05, 0.1) is 26.0 Å². The molecule has 1 aromatic carbocycles. The highest BCUT2D eigenvalue weighted by Crippen LogP contribution is 2.43. The Kier molecular flexibility index (Phi) is 6.00. The average molecular weight is 446 g/mol. The van der Waals surface area contributed by atoms with Gasteiger partial charge in [0.15, 0.2) is 5.60 Å². The van der Waals surface area contributed by atoms with Crippen LogP contribution in [0.15, 0.2) is 48.8 Å². The lowest BCUT2D eigenvalue weighted by molar-refractivity contribution is -0.172. The van der Waals surface area contributed by atoms with Gasteiger partial charge in [-0.05, 0) is 36.2 Å². The number of carbonyl (C=O) groups excluding carboxylic acids is 1. The number of hydrogen-bond donors (Lipinski definition) is 0. The van der Waals surface area contributed by atoms with Crippen LogP contribution in [-0.4, -0.2) is 73.2 Å². The molecule has 4 rings (SSSR count). The third-order valence-corrected chi connectivity index (χ3v) is 7.90. The smallest absolute Gasteiger partial charge is 0.257 e. The quantitative estimate of drug-likeness (QED) is 0.672. The second-order valence-corrected chi connectivity index (χ2v) is 10.1. The van der Waals surface area contributed by atoms with E-state index in [-0.39, 0.29) is 24.7 Å². The Morgan fingerprint density at radius 1 is 1.26 bits per heavy atom. The van der Waals surface area contributed by atoms with Crippen LogP contribution in [0, 0.1) is 0 Å². The van der Waals surface area contributed by atoms with Crippen LogP contribution >= 0.6 is 0 Å². The molecule has 1 amide bonds. The molecule has 2 saturated heterocycles. The van der Waals surface area contributed by atoms with Crippen LogP contribution in [0.2, 0.25) is 0 Å². The Hall–Kier alpha value is -2.49. The zero-order chi connectivity index (χ0) is 22.1. The molecule has 2 aromatic rings. The summed E-state index contributed by atoms with van der Waals surface area (Å²) in [5, 5.41) is 0. The van der Waals surface area contributed by atoms with Crippen molar-refractivity contribution in [3.63, 3.8) is 0 Å². The molecule has 166 valence electrons. The Bertz CT molecular complexity index is 1030. The van der Waals surface area contributed by atoms with Crippen molar-refractivity contribution < 1.29 is 22.7 Å². The number of benzene rings is 1. The van der Waals surface area contributed by atoms with Crippen LogP contribution in [-0.2, 0) is 26.1 Å². The van der Waals surface area contributed by atoms with E-state index in [1.807, 2.05) is 30.3 Å². The van der Waals surface area contributed by atoms with Crippen molar-refractivity contribution in [2.45, 2.75) is 25.0 Å². The van der Waals surface area contributed by atoms with E-state index in [9.17, 15) is 13.2 Å². The van der Waals surface area contributed by atoms with E-state index in [4.69, 9.17) is 9.47 Å². The molecule has 0 bridgehead atoms. The molecule has 2 aliphatic rings. The van der Waals surface area contributed by atoms with Crippen LogP contribution in [0.25, 0.3) is 0 Å². The van der Waals surface area contributed by atoms with E-state index < -0.39 is 21.5 Å². The fourth-order valence-electron chi connectivity index (χ4n) is 4.37. The maximum atomic E-state index is 13.8. The first-order valence-electron chi connectivity index (χ1n) is 10.3. The predicted molar refractivity (Wildman–Crippen MR) is 115 cm³/mol. The monoisotopic (exact) mass is 445 g/mol. The minimum absolute atomic E-state index is 0.0146. The number of carbonyl (C=O) groups is 1. The first-order valence-corrected chi connectivity index (χ1v) is 11.9. The third-order valence-electron chi connectivity index (χ3n) is 6.11. The van der Waals surface area contributed by atoms with Crippen LogP contribution in [0.3, 0.4) is 0 Å². The van der Waals surface area contributed by atoms with Crippen LogP contribution in [0.1, 0.15) is 24.0 Å². The van der Waals surface area contributed by atoms with Gasteiger partial charge in [-0.1, -0.05) is 18.2 Å². The second kappa shape index (κ2) is 8.57. The fourth-order valence-corrected chi connectivity index (χ4v) is 5.50. The Labute approximate surface area is 182 Å². The number of pyridine rings is 1. The number of morpholine rings is 1. The fraction of sp³-hybridized carbons (Fsp3) is 0.455. The number of aromatic nitrogens is 1. The summed E-state index contributed by atoms with van der Waals surface area (Å²) in [7, 11) is -1.86. The number of hydrogen-bond acceptors (Lipinski definition) is 6.